The molecule has 0 atom stereocenters. The largest absolute Gasteiger partial charge is 0.361 e. The van der Waals surface area contributed by atoms with Crippen LogP contribution in [0.2, 0.25) is 0 Å². The van der Waals surface area contributed by atoms with E-state index in [1.807, 2.05) is 6.20 Å². The molecule has 2 N–H and O–H groups in total. The predicted molar refractivity (Wildman–Crippen MR) is 64.9 cm³/mol. The van der Waals surface area contributed by atoms with Gasteiger partial charge in [-0.15, -0.1) is 0 Å². The summed E-state index contributed by atoms with van der Waals surface area (Å²) in [5.41, 5.74) is 2.70. The van der Waals surface area contributed by atoms with Crippen molar-refractivity contribution in [2.45, 2.75) is 32.9 Å². The summed E-state index contributed by atoms with van der Waals surface area (Å²) >= 11 is 0. The van der Waals surface area contributed by atoms with Crippen LogP contribution in [0.25, 0.3) is 10.9 Å². The lowest BCUT2D eigenvalue weighted by atomic mass is 10.1. The van der Waals surface area contributed by atoms with Crippen LogP contribution in [0.15, 0.2) is 30.5 Å². The molecule has 0 aliphatic carbocycles. The summed E-state index contributed by atoms with van der Waals surface area (Å²) in [4.78, 5) is 3.23. The fourth-order valence-corrected chi connectivity index (χ4v) is 1.57. The maximum Gasteiger partial charge on any atom is 0.0457 e. The Morgan fingerprint density at radius 3 is 2.73 bits per heavy atom. The van der Waals surface area contributed by atoms with E-state index in [0.29, 0.717) is 0 Å². The van der Waals surface area contributed by atoms with Crippen LogP contribution in [0.3, 0.4) is 0 Å². The molecule has 0 aliphatic rings. The molecule has 1 heterocycles. The van der Waals surface area contributed by atoms with Gasteiger partial charge in [-0.2, -0.15) is 0 Å². The molecule has 2 nitrogen and oxygen atoms in total. The smallest absolute Gasteiger partial charge is 0.0457 e. The first kappa shape index (κ1) is 10.2. The first-order valence-electron chi connectivity index (χ1n) is 5.36. The van der Waals surface area contributed by atoms with Crippen LogP contribution in [0.1, 0.15) is 26.3 Å². The van der Waals surface area contributed by atoms with Gasteiger partial charge in [0.1, 0.15) is 0 Å². The van der Waals surface area contributed by atoms with Crippen molar-refractivity contribution >= 4 is 10.9 Å². The number of hydrogen-bond acceptors (Lipinski definition) is 1. The van der Waals surface area contributed by atoms with Crippen molar-refractivity contribution < 1.29 is 0 Å². The average Bonchev–Trinajstić information content (AvgIpc) is 2.60. The van der Waals surface area contributed by atoms with Crippen molar-refractivity contribution in [1.29, 1.82) is 0 Å². The van der Waals surface area contributed by atoms with Gasteiger partial charge in [-0.25, -0.2) is 0 Å². The van der Waals surface area contributed by atoms with Crippen molar-refractivity contribution in [2.24, 2.45) is 0 Å². The van der Waals surface area contributed by atoms with E-state index in [1.165, 1.54) is 16.5 Å². The third-order valence-electron chi connectivity index (χ3n) is 2.44. The van der Waals surface area contributed by atoms with Crippen LogP contribution < -0.4 is 5.32 Å². The summed E-state index contributed by atoms with van der Waals surface area (Å²) in [6.07, 6.45) is 1.98. The molecule has 15 heavy (non-hydrogen) atoms. The van der Waals surface area contributed by atoms with Gasteiger partial charge < -0.3 is 10.3 Å². The van der Waals surface area contributed by atoms with Crippen LogP contribution >= 0.6 is 0 Å². The Bertz CT molecular complexity index is 449. The van der Waals surface area contributed by atoms with Gasteiger partial charge in [-0.05, 0) is 43.9 Å². The van der Waals surface area contributed by atoms with Gasteiger partial charge in [0.25, 0.3) is 0 Å². The lowest BCUT2D eigenvalue weighted by Gasteiger charge is -2.20. The molecule has 0 amide bonds. The van der Waals surface area contributed by atoms with E-state index in [-0.39, 0.29) is 5.54 Å². The Balaban J connectivity index is 2.15. The molecule has 0 unspecified atom stereocenters. The highest BCUT2D eigenvalue weighted by molar-refractivity contribution is 5.79. The minimum atomic E-state index is 0.171. The molecule has 0 radical (unpaired) electrons. The molecular formula is C13H18N2. The van der Waals surface area contributed by atoms with Gasteiger partial charge in [0.2, 0.25) is 0 Å². The molecule has 0 spiro atoms. The number of nitrogens with one attached hydrogen (secondary N) is 2. The fourth-order valence-electron chi connectivity index (χ4n) is 1.57. The maximum absolute atomic E-state index is 3.48. The summed E-state index contributed by atoms with van der Waals surface area (Å²) in [7, 11) is 0. The van der Waals surface area contributed by atoms with Crippen molar-refractivity contribution in [2.75, 3.05) is 0 Å². The van der Waals surface area contributed by atoms with Crippen molar-refractivity contribution in [1.82, 2.24) is 10.3 Å². The lowest BCUT2D eigenvalue weighted by Crippen LogP contribution is -2.35. The Hall–Kier alpha value is -1.28. The Morgan fingerprint density at radius 2 is 2.00 bits per heavy atom. The molecule has 0 fully saturated rings. The van der Waals surface area contributed by atoms with E-state index in [9.17, 15) is 0 Å². The third-order valence-corrected chi connectivity index (χ3v) is 2.44. The molecule has 0 aliphatic heterocycles. The highest BCUT2D eigenvalue weighted by Gasteiger charge is 2.08. The second kappa shape index (κ2) is 3.70. The van der Waals surface area contributed by atoms with Gasteiger partial charge in [-0.3, -0.25) is 0 Å². The van der Waals surface area contributed by atoms with Gasteiger partial charge in [0.05, 0.1) is 0 Å². The SMILES string of the molecule is CC(C)(C)NCc1ccc2cc[nH]c2c1. The van der Waals surface area contributed by atoms with Crippen LogP contribution in [-0.4, -0.2) is 10.5 Å². The quantitative estimate of drug-likeness (QED) is 0.769. The number of aromatic amines is 1. The highest BCUT2D eigenvalue weighted by Crippen LogP contribution is 2.14. The molecular weight excluding hydrogens is 184 g/mol. The molecule has 2 rings (SSSR count). The molecule has 2 heteroatoms. The molecule has 0 saturated heterocycles. The first-order chi connectivity index (χ1) is 7.04. The minimum Gasteiger partial charge on any atom is -0.361 e. The second-order valence-electron chi connectivity index (χ2n) is 5.00. The van der Waals surface area contributed by atoms with Crippen molar-refractivity contribution in [3.63, 3.8) is 0 Å². The summed E-state index contributed by atoms with van der Waals surface area (Å²) < 4.78 is 0. The Morgan fingerprint density at radius 1 is 1.20 bits per heavy atom. The Kier molecular flexibility index (Phi) is 2.53. The van der Waals surface area contributed by atoms with E-state index in [4.69, 9.17) is 0 Å². The van der Waals surface area contributed by atoms with Crippen LogP contribution in [-0.2, 0) is 6.54 Å². The molecule has 80 valence electrons. The highest BCUT2D eigenvalue weighted by atomic mass is 14.9. The minimum absolute atomic E-state index is 0.171. The zero-order chi connectivity index (χ0) is 10.9. The van der Waals surface area contributed by atoms with E-state index in [2.05, 4.69) is 55.3 Å². The number of fused-ring (bicyclic) bond motifs is 1. The number of H-pyrrole nitrogens is 1. The van der Waals surface area contributed by atoms with Crippen LogP contribution in [0, 0.1) is 0 Å². The zero-order valence-electron chi connectivity index (χ0n) is 9.59. The van der Waals surface area contributed by atoms with Gasteiger partial charge in [-0.1, -0.05) is 12.1 Å². The summed E-state index contributed by atoms with van der Waals surface area (Å²) in [6, 6.07) is 8.63. The normalized spacial score (nSPS) is 12.2. The summed E-state index contributed by atoms with van der Waals surface area (Å²) in [6.45, 7) is 7.46. The predicted octanol–water partition coefficient (Wildman–Crippen LogP) is 3.06. The van der Waals surface area contributed by atoms with E-state index >= 15 is 0 Å². The monoisotopic (exact) mass is 202 g/mol. The summed E-state index contributed by atoms with van der Waals surface area (Å²) in [5, 5.41) is 4.75. The Labute approximate surface area is 90.7 Å². The van der Waals surface area contributed by atoms with Gasteiger partial charge in [0.15, 0.2) is 0 Å². The van der Waals surface area contributed by atoms with Gasteiger partial charge >= 0.3 is 0 Å². The second-order valence-corrected chi connectivity index (χ2v) is 5.00. The van der Waals surface area contributed by atoms with Crippen LogP contribution in [0.4, 0.5) is 0 Å². The number of aromatic nitrogens is 1. The standard InChI is InChI=1S/C13H18N2/c1-13(2,3)15-9-10-4-5-11-6-7-14-12(11)8-10/h4-8,14-15H,9H2,1-3H3. The molecule has 1 aromatic carbocycles. The topological polar surface area (TPSA) is 27.8 Å². The van der Waals surface area contributed by atoms with Crippen molar-refractivity contribution in [3.8, 4) is 0 Å². The number of rotatable bonds is 2. The third kappa shape index (κ3) is 2.60. The van der Waals surface area contributed by atoms with E-state index in [0.717, 1.165) is 6.54 Å². The molecule has 1 aromatic heterocycles. The lowest BCUT2D eigenvalue weighted by molar-refractivity contribution is 0.424. The van der Waals surface area contributed by atoms with Gasteiger partial charge in [0, 0.05) is 23.8 Å². The number of hydrogen-bond donors (Lipinski definition) is 2. The van der Waals surface area contributed by atoms with Crippen LogP contribution in [0.5, 0.6) is 0 Å². The molecule has 2 aromatic rings. The first-order valence-corrected chi connectivity index (χ1v) is 5.36. The number of benzene rings is 1. The fraction of sp³-hybridized carbons (Fsp3) is 0.385. The molecule has 0 saturated carbocycles. The van der Waals surface area contributed by atoms with E-state index in [1.54, 1.807) is 0 Å². The summed E-state index contributed by atoms with van der Waals surface area (Å²) in [5.74, 6) is 0. The van der Waals surface area contributed by atoms with E-state index < -0.39 is 0 Å². The average molecular weight is 202 g/mol. The maximum atomic E-state index is 3.48. The van der Waals surface area contributed by atoms with Crippen molar-refractivity contribution in [3.05, 3.63) is 36.0 Å². The zero-order valence-corrected chi connectivity index (χ0v) is 9.59. The molecule has 0 bridgehead atoms.